The van der Waals surface area contributed by atoms with Gasteiger partial charge in [0.05, 0.1) is 23.5 Å². The Morgan fingerprint density at radius 1 is 1.07 bits per heavy atom. The fourth-order valence-corrected chi connectivity index (χ4v) is 7.49. The Kier molecular flexibility index (Phi) is 7.32. The number of unbranched alkanes of at least 4 members (excludes halogenated alkanes) is 1. The van der Waals surface area contributed by atoms with Crippen molar-refractivity contribution in [3.8, 4) is 0 Å². The molecule has 1 spiro atoms. The number of carbonyl (C=O) groups is 3. The highest BCUT2D eigenvalue weighted by Gasteiger charge is 2.76. The van der Waals surface area contributed by atoms with E-state index in [1.807, 2.05) is 54.6 Å². The van der Waals surface area contributed by atoms with Gasteiger partial charge in [0.15, 0.2) is 0 Å². The number of carbonyl (C=O) groups excluding carboxylic acids is 3. The van der Waals surface area contributed by atoms with Gasteiger partial charge < -0.3 is 25.4 Å². The van der Waals surface area contributed by atoms with Crippen molar-refractivity contribution in [1.82, 2.24) is 30.5 Å². The summed E-state index contributed by atoms with van der Waals surface area (Å²) in [4.78, 5) is 42.8. The van der Waals surface area contributed by atoms with Crippen LogP contribution in [-0.4, -0.2) is 78.4 Å². The van der Waals surface area contributed by atoms with Gasteiger partial charge in [0.25, 0.3) is 0 Å². The van der Waals surface area contributed by atoms with Gasteiger partial charge in [-0.25, -0.2) is 4.68 Å². The molecule has 3 aliphatic heterocycles. The molecule has 3 amide bonds. The number of nitrogens with one attached hydrogen (secondary N) is 2. The van der Waals surface area contributed by atoms with Crippen molar-refractivity contribution in [2.75, 3.05) is 13.2 Å². The summed E-state index contributed by atoms with van der Waals surface area (Å²) in [5.41, 5.74) is 1.29. The lowest BCUT2D eigenvalue weighted by atomic mass is 9.70. The molecule has 1 aromatic heterocycles. The number of hydrogen-bond donors (Lipinski definition) is 3. The number of alkyl halides is 1. The van der Waals surface area contributed by atoms with Gasteiger partial charge in [-0.3, -0.25) is 14.4 Å². The fourth-order valence-electron chi connectivity index (χ4n) is 6.55. The van der Waals surface area contributed by atoms with E-state index in [0.29, 0.717) is 31.3 Å². The van der Waals surface area contributed by atoms with E-state index < -0.39 is 29.6 Å². The number of aliphatic hydroxyl groups excluding tert-OH is 1. The second-order valence-electron chi connectivity index (χ2n) is 10.6. The summed E-state index contributed by atoms with van der Waals surface area (Å²) in [7, 11) is 0. The summed E-state index contributed by atoms with van der Waals surface area (Å²) in [5, 5.41) is 23.5. The summed E-state index contributed by atoms with van der Waals surface area (Å²) >= 11 is 3.69. The zero-order valence-electron chi connectivity index (χ0n) is 21.8. The Morgan fingerprint density at radius 3 is 2.65 bits per heavy atom. The summed E-state index contributed by atoms with van der Waals surface area (Å²) in [5.74, 6) is -2.40. The highest BCUT2D eigenvalue weighted by atomic mass is 79.9. The Hall–Kier alpha value is -3.35. The molecular weight excluding hydrogens is 580 g/mol. The van der Waals surface area contributed by atoms with E-state index in [1.165, 1.54) is 0 Å². The Bertz CT molecular complexity index is 1420. The number of benzene rings is 2. The van der Waals surface area contributed by atoms with Crippen LogP contribution in [0.15, 0.2) is 54.6 Å². The van der Waals surface area contributed by atoms with Crippen LogP contribution in [0, 0.1) is 11.8 Å². The third kappa shape index (κ3) is 4.47. The maximum absolute atomic E-state index is 14.0. The minimum atomic E-state index is -1.14. The first kappa shape index (κ1) is 26.9. The standard InChI is InChI=1S/C28H31BrN6O5/c29-18-14-28-22(21(23(18)40-28)25(37)30-15-17-8-2-1-3-9-17)27(39)34(12-6-7-13-36)24(28)26(38)31-16-35-20-11-5-4-10-19(20)32-33-35/h1-5,8-11,18,21-24,36H,6-7,12-16H2,(H,30,37)(H,31,38)/t18?,21-,22-,23-,24?,28?/m0/s1. The van der Waals surface area contributed by atoms with Gasteiger partial charge in [0.2, 0.25) is 17.7 Å². The maximum Gasteiger partial charge on any atom is 0.247 e. The minimum Gasteiger partial charge on any atom is -0.396 e. The van der Waals surface area contributed by atoms with Gasteiger partial charge in [-0.15, -0.1) is 5.10 Å². The van der Waals surface area contributed by atoms with E-state index in [1.54, 1.807) is 9.58 Å². The number of likely N-dealkylation sites (tertiary alicyclic amines) is 1. The summed E-state index contributed by atoms with van der Waals surface area (Å²) in [6.45, 7) is 0.665. The third-order valence-corrected chi connectivity index (χ3v) is 9.13. The smallest absolute Gasteiger partial charge is 0.247 e. The molecule has 6 rings (SSSR count). The van der Waals surface area contributed by atoms with Crippen molar-refractivity contribution in [2.24, 2.45) is 11.8 Å². The Morgan fingerprint density at radius 2 is 1.85 bits per heavy atom. The molecule has 210 valence electrons. The SMILES string of the molecule is O=C(NCn1nnc2ccccc21)C1N(CCCCO)C(=O)[C@@H]2[C@H](C(=O)NCc3ccccc3)[C@H]3OC12CC3Br. The van der Waals surface area contributed by atoms with Crippen LogP contribution in [0.1, 0.15) is 24.8 Å². The van der Waals surface area contributed by atoms with Crippen molar-refractivity contribution in [3.05, 3.63) is 60.2 Å². The van der Waals surface area contributed by atoms with Crippen LogP contribution < -0.4 is 10.6 Å². The topological polar surface area (TPSA) is 139 Å². The van der Waals surface area contributed by atoms with E-state index in [2.05, 4.69) is 36.9 Å². The monoisotopic (exact) mass is 610 g/mol. The van der Waals surface area contributed by atoms with Gasteiger partial charge in [-0.1, -0.05) is 63.6 Å². The van der Waals surface area contributed by atoms with Crippen molar-refractivity contribution < 1.29 is 24.2 Å². The first-order chi connectivity index (χ1) is 19.4. The summed E-state index contributed by atoms with van der Waals surface area (Å²) in [6, 6.07) is 16.1. The van der Waals surface area contributed by atoms with E-state index >= 15 is 0 Å². The molecule has 3 aliphatic rings. The van der Waals surface area contributed by atoms with Gasteiger partial charge in [-0.2, -0.15) is 0 Å². The van der Waals surface area contributed by atoms with E-state index in [0.717, 1.165) is 11.1 Å². The lowest BCUT2D eigenvalue weighted by Gasteiger charge is -2.34. The maximum atomic E-state index is 14.0. The molecule has 4 heterocycles. The normalized spacial score (nSPS) is 28.7. The van der Waals surface area contributed by atoms with Crippen LogP contribution in [0.25, 0.3) is 11.0 Å². The molecule has 2 aromatic carbocycles. The van der Waals surface area contributed by atoms with Crippen LogP contribution in [0.3, 0.4) is 0 Å². The number of ether oxygens (including phenoxy) is 1. The van der Waals surface area contributed by atoms with Gasteiger partial charge in [0.1, 0.15) is 23.8 Å². The van der Waals surface area contributed by atoms with E-state index in [4.69, 9.17) is 4.74 Å². The molecule has 0 radical (unpaired) electrons. The number of para-hydroxylation sites is 1. The van der Waals surface area contributed by atoms with Gasteiger partial charge in [-0.05, 0) is 37.0 Å². The molecule has 3 fully saturated rings. The van der Waals surface area contributed by atoms with Crippen LogP contribution in [0.5, 0.6) is 0 Å². The number of rotatable bonds is 10. The van der Waals surface area contributed by atoms with Crippen molar-refractivity contribution in [3.63, 3.8) is 0 Å². The van der Waals surface area contributed by atoms with Crippen LogP contribution >= 0.6 is 15.9 Å². The molecule has 0 saturated carbocycles. The molecule has 3 N–H and O–H groups in total. The number of fused-ring (bicyclic) bond motifs is 2. The number of nitrogens with zero attached hydrogens (tertiary/aromatic N) is 4. The fraction of sp³-hybridized carbons (Fsp3) is 0.464. The van der Waals surface area contributed by atoms with E-state index in [-0.39, 0.29) is 42.4 Å². The lowest BCUT2D eigenvalue weighted by molar-refractivity contribution is -0.142. The second-order valence-corrected chi connectivity index (χ2v) is 11.8. The number of amides is 3. The van der Waals surface area contributed by atoms with Crippen molar-refractivity contribution in [2.45, 2.75) is 55.0 Å². The van der Waals surface area contributed by atoms with E-state index in [9.17, 15) is 19.5 Å². The zero-order chi connectivity index (χ0) is 27.9. The highest BCUT2D eigenvalue weighted by molar-refractivity contribution is 9.09. The molecule has 2 bridgehead atoms. The molecule has 3 unspecified atom stereocenters. The van der Waals surface area contributed by atoms with Gasteiger partial charge >= 0.3 is 0 Å². The number of hydrogen-bond acceptors (Lipinski definition) is 7. The number of aliphatic hydroxyl groups is 1. The lowest BCUT2D eigenvalue weighted by Crippen LogP contribution is -2.56. The van der Waals surface area contributed by atoms with Crippen molar-refractivity contribution in [1.29, 1.82) is 0 Å². The summed E-state index contributed by atoms with van der Waals surface area (Å²) in [6.07, 6.45) is 0.914. The molecule has 0 aliphatic carbocycles. The number of aromatic nitrogens is 3. The molecule has 3 aromatic rings. The molecule has 12 heteroatoms. The minimum absolute atomic E-state index is 0.0145. The zero-order valence-corrected chi connectivity index (χ0v) is 23.4. The molecule has 6 atom stereocenters. The second kappa shape index (κ2) is 10.9. The van der Waals surface area contributed by atoms with Crippen molar-refractivity contribution >= 4 is 44.7 Å². The third-order valence-electron chi connectivity index (χ3n) is 8.28. The predicted octanol–water partition coefficient (Wildman–Crippen LogP) is 1.34. The summed E-state index contributed by atoms with van der Waals surface area (Å²) < 4.78 is 8.11. The van der Waals surface area contributed by atoms with Gasteiger partial charge in [0, 0.05) is 24.5 Å². The largest absolute Gasteiger partial charge is 0.396 e. The molecule has 3 saturated heterocycles. The first-order valence-corrected chi connectivity index (χ1v) is 14.5. The molecular formula is C28H31BrN6O5. The molecule has 40 heavy (non-hydrogen) atoms. The average Bonchev–Trinajstić information content (AvgIpc) is 3.68. The Balaban J connectivity index is 1.26. The Labute approximate surface area is 239 Å². The highest BCUT2D eigenvalue weighted by Crippen LogP contribution is 2.60. The number of halogens is 1. The van der Waals surface area contributed by atoms with Crippen LogP contribution in [-0.2, 0) is 32.3 Å². The van der Waals surface area contributed by atoms with Crippen LogP contribution in [0.4, 0.5) is 0 Å². The average molecular weight is 611 g/mol. The predicted molar refractivity (Wildman–Crippen MR) is 148 cm³/mol. The quantitative estimate of drug-likeness (QED) is 0.232. The first-order valence-electron chi connectivity index (χ1n) is 13.6. The molecule has 11 nitrogen and oxygen atoms in total. The van der Waals surface area contributed by atoms with Crippen LogP contribution in [0.2, 0.25) is 0 Å².